The Balaban J connectivity index is 0.000000193. The van der Waals surface area contributed by atoms with E-state index in [0.29, 0.717) is 0 Å². The number of benzene rings is 6. The van der Waals surface area contributed by atoms with Crippen molar-refractivity contribution in [1.82, 2.24) is 0 Å². The van der Waals surface area contributed by atoms with Crippen LogP contribution in [0.25, 0.3) is 21.9 Å². The lowest BCUT2D eigenvalue weighted by Crippen LogP contribution is -2.26. The van der Waals surface area contributed by atoms with Crippen LogP contribution in [0.3, 0.4) is 0 Å². The van der Waals surface area contributed by atoms with Crippen molar-refractivity contribution in [3.63, 3.8) is 0 Å². The lowest BCUT2D eigenvalue weighted by molar-refractivity contribution is 0.303. The fourth-order valence-electron chi connectivity index (χ4n) is 10.3. The zero-order valence-corrected chi connectivity index (χ0v) is 40.5. The third kappa shape index (κ3) is 11.3. The minimum atomic E-state index is 0.182. The molecule has 0 aromatic heterocycles. The van der Waals surface area contributed by atoms with Crippen LogP contribution in [-0.2, 0) is 5.41 Å². The molecular formula is C60H75NOS. The summed E-state index contributed by atoms with van der Waals surface area (Å²) in [6, 6.07) is 42.9. The third-order valence-corrected chi connectivity index (χ3v) is 14.9. The highest BCUT2D eigenvalue weighted by Crippen LogP contribution is 2.57. The number of fused-ring (bicyclic) bond motifs is 7. The van der Waals surface area contributed by atoms with Gasteiger partial charge in [-0.25, -0.2) is 0 Å². The van der Waals surface area contributed by atoms with Gasteiger partial charge >= 0.3 is 0 Å². The second-order valence-electron chi connectivity index (χ2n) is 18.7. The Morgan fingerprint density at radius 3 is 1.71 bits per heavy atom. The first-order valence-corrected chi connectivity index (χ1v) is 25.6. The zero-order valence-electron chi connectivity index (χ0n) is 39.7. The normalized spacial score (nSPS) is 13.2. The van der Waals surface area contributed by atoms with Crippen LogP contribution in [0.1, 0.15) is 156 Å². The van der Waals surface area contributed by atoms with Crippen molar-refractivity contribution < 1.29 is 4.74 Å². The number of para-hydroxylation sites is 2. The van der Waals surface area contributed by atoms with Crippen molar-refractivity contribution in [2.75, 3.05) is 18.1 Å². The number of hydrogen-bond donors (Lipinski definition) is 0. The van der Waals surface area contributed by atoms with Gasteiger partial charge in [0.1, 0.15) is 5.75 Å². The summed E-state index contributed by atoms with van der Waals surface area (Å²) < 4.78 is 6.01. The minimum absolute atomic E-state index is 0.182. The summed E-state index contributed by atoms with van der Waals surface area (Å²) in [6.45, 7) is 15.3. The number of rotatable bonds is 21. The average molecular weight is 858 g/mol. The highest BCUT2D eigenvalue weighted by Gasteiger charge is 2.43. The first-order chi connectivity index (χ1) is 30.8. The molecule has 0 fully saturated rings. The average Bonchev–Trinajstić information content (AvgIpc) is 3.56. The van der Waals surface area contributed by atoms with E-state index in [9.17, 15) is 0 Å². The Kier molecular flexibility index (Phi) is 16.9. The molecule has 63 heavy (non-hydrogen) atoms. The summed E-state index contributed by atoms with van der Waals surface area (Å²) in [4.78, 5) is 5.17. The van der Waals surface area contributed by atoms with E-state index >= 15 is 0 Å². The van der Waals surface area contributed by atoms with Gasteiger partial charge in [0, 0.05) is 21.8 Å². The van der Waals surface area contributed by atoms with Crippen molar-refractivity contribution in [2.45, 2.75) is 166 Å². The molecule has 2 nitrogen and oxygen atoms in total. The molecule has 0 bridgehead atoms. The second-order valence-corrected chi connectivity index (χ2v) is 19.8. The maximum atomic E-state index is 6.01. The molecule has 0 N–H and O–H groups in total. The van der Waals surface area contributed by atoms with Crippen molar-refractivity contribution in [1.29, 1.82) is 0 Å². The van der Waals surface area contributed by atoms with Crippen molar-refractivity contribution in [3.8, 4) is 16.9 Å². The zero-order chi connectivity index (χ0) is 44.0. The molecular weight excluding hydrogens is 783 g/mol. The molecule has 3 heteroatoms. The summed E-state index contributed by atoms with van der Waals surface area (Å²) in [5.74, 6) is 1.02. The summed E-state index contributed by atoms with van der Waals surface area (Å²) >= 11 is 1.87. The molecule has 0 saturated heterocycles. The number of nitrogens with zero attached hydrogens (tertiary/aromatic N) is 1. The quantitative estimate of drug-likeness (QED) is 0.0669. The van der Waals surface area contributed by atoms with E-state index in [2.05, 4.69) is 162 Å². The van der Waals surface area contributed by atoms with Gasteiger partial charge in [0.2, 0.25) is 0 Å². The van der Waals surface area contributed by atoms with Crippen LogP contribution in [0.5, 0.6) is 5.75 Å². The summed E-state index contributed by atoms with van der Waals surface area (Å²) in [6.07, 6.45) is 22.5. The molecule has 0 saturated carbocycles. The number of hydrogen-bond acceptors (Lipinski definition) is 3. The fraction of sp³-hybridized carbons (Fsp3) is 0.433. The van der Waals surface area contributed by atoms with E-state index in [1.165, 1.54) is 162 Å². The van der Waals surface area contributed by atoms with Gasteiger partial charge in [0.05, 0.1) is 18.0 Å². The van der Waals surface area contributed by atoms with Crippen LogP contribution in [-0.4, -0.2) is 13.2 Å². The largest absolute Gasteiger partial charge is 0.493 e. The third-order valence-electron chi connectivity index (χ3n) is 13.8. The smallest absolute Gasteiger partial charge is 0.122 e. The Morgan fingerprint density at radius 2 is 1.05 bits per heavy atom. The Morgan fingerprint density at radius 1 is 0.492 bits per heavy atom. The SMILES string of the molecule is CCCCCCCCC1(CCCCCCCC)c2cc(C)ccc2-c2c1cc(C)c1ccccc21.Cc1ccc(C)c(OCCCCCN2c3ccccc3Sc3ccccc32)c1. The van der Waals surface area contributed by atoms with E-state index in [1.807, 2.05) is 11.8 Å². The van der Waals surface area contributed by atoms with Crippen LogP contribution >= 0.6 is 11.8 Å². The van der Waals surface area contributed by atoms with E-state index in [1.54, 1.807) is 11.1 Å². The van der Waals surface area contributed by atoms with Crippen molar-refractivity contribution in [3.05, 3.63) is 149 Å². The molecule has 6 aromatic carbocycles. The lowest BCUT2D eigenvalue weighted by atomic mass is 9.70. The van der Waals surface area contributed by atoms with Crippen molar-refractivity contribution >= 4 is 33.9 Å². The van der Waals surface area contributed by atoms with E-state index in [0.717, 1.165) is 31.7 Å². The maximum absolute atomic E-state index is 6.01. The molecule has 0 unspecified atom stereocenters. The van der Waals surface area contributed by atoms with Gasteiger partial charge in [-0.1, -0.05) is 193 Å². The maximum Gasteiger partial charge on any atom is 0.122 e. The van der Waals surface area contributed by atoms with Crippen LogP contribution in [0.15, 0.2) is 125 Å². The van der Waals surface area contributed by atoms with Crippen LogP contribution in [0.4, 0.5) is 11.4 Å². The van der Waals surface area contributed by atoms with Gasteiger partial charge in [-0.2, -0.15) is 0 Å². The predicted molar refractivity (Wildman–Crippen MR) is 275 cm³/mol. The molecule has 0 radical (unpaired) electrons. The Hall–Kier alpha value is -4.47. The van der Waals surface area contributed by atoms with Gasteiger partial charge in [0.15, 0.2) is 0 Å². The highest BCUT2D eigenvalue weighted by molar-refractivity contribution is 7.99. The molecule has 2 aliphatic rings. The predicted octanol–water partition coefficient (Wildman–Crippen LogP) is 18.4. The molecule has 8 rings (SSSR count). The molecule has 1 heterocycles. The first kappa shape index (κ1) is 46.5. The number of unbranched alkanes of at least 4 members (excludes halogenated alkanes) is 12. The second kappa shape index (κ2) is 22.9. The number of aryl methyl sites for hydroxylation is 4. The summed E-state index contributed by atoms with van der Waals surface area (Å²) in [5, 5.41) is 2.88. The molecule has 332 valence electrons. The standard InChI is InChI=1S/C35H48.C25H27NOS/c1-5-7-9-11-13-17-23-35(24-18-14-12-10-8-6-2)32-25-27(3)21-22-31(32)34-30-20-16-15-19-29(30)28(4)26-33(34)35;1-19-14-15-20(2)23(18-19)27-17-9-3-8-16-26-21-10-4-6-12-24(21)28-25-13-7-5-11-22(25)26/h15-16,19-22,25-26H,5-14,17-18,23-24H2,1-4H3;4-7,10-15,18H,3,8-9,16-17H2,1-2H3. The molecule has 0 amide bonds. The van der Waals surface area contributed by atoms with Crippen LogP contribution in [0, 0.1) is 27.7 Å². The molecule has 0 spiro atoms. The molecule has 1 aliphatic carbocycles. The highest BCUT2D eigenvalue weighted by atomic mass is 32.2. The van der Waals surface area contributed by atoms with E-state index < -0.39 is 0 Å². The molecule has 1 aliphatic heterocycles. The number of anilines is 2. The number of ether oxygens (including phenoxy) is 1. The van der Waals surface area contributed by atoms with Gasteiger partial charge < -0.3 is 9.64 Å². The molecule has 6 aromatic rings. The van der Waals surface area contributed by atoms with Crippen LogP contribution < -0.4 is 9.64 Å². The summed E-state index contributed by atoms with van der Waals surface area (Å²) in [5.41, 5.74) is 14.5. The monoisotopic (exact) mass is 858 g/mol. The van der Waals surface area contributed by atoms with Gasteiger partial charge in [-0.15, -0.1) is 0 Å². The molecule has 0 atom stereocenters. The van der Waals surface area contributed by atoms with Gasteiger partial charge in [0.25, 0.3) is 0 Å². The van der Waals surface area contributed by atoms with Crippen LogP contribution in [0.2, 0.25) is 0 Å². The first-order valence-electron chi connectivity index (χ1n) is 24.8. The van der Waals surface area contributed by atoms with E-state index in [4.69, 9.17) is 4.74 Å². The Labute approximate surface area is 386 Å². The summed E-state index contributed by atoms with van der Waals surface area (Å²) in [7, 11) is 0. The topological polar surface area (TPSA) is 12.5 Å². The van der Waals surface area contributed by atoms with E-state index in [-0.39, 0.29) is 5.41 Å². The minimum Gasteiger partial charge on any atom is -0.493 e. The Bertz CT molecular complexity index is 2330. The lowest BCUT2D eigenvalue weighted by Gasteiger charge is -2.33. The van der Waals surface area contributed by atoms with Gasteiger partial charge in [-0.05, 0) is 140 Å². The van der Waals surface area contributed by atoms with Gasteiger partial charge in [-0.3, -0.25) is 0 Å². The fourth-order valence-corrected chi connectivity index (χ4v) is 11.4. The van der Waals surface area contributed by atoms with Crippen molar-refractivity contribution in [2.24, 2.45) is 0 Å².